The number of para-hydroxylation sites is 1. The third kappa shape index (κ3) is 3.48. The van der Waals surface area contributed by atoms with Gasteiger partial charge in [-0.25, -0.2) is 0 Å². The van der Waals surface area contributed by atoms with Crippen LogP contribution in [0.25, 0.3) is 0 Å². The molecule has 0 spiro atoms. The first-order valence-corrected chi connectivity index (χ1v) is 12.6. The number of hydrogen-bond acceptors (Lipinski definition) is 1. The van der Waals surface area contributed by atoms with Gasteiger partial charge in [0.05, 0.1) is 32.1 Å². The Morgan fingerprint density at radius 2 is 1.17 bits per heavy atom. The minimum absolute atomic E-state index is 0.290. The summed E-state index contributed by atoms with van der Waals surface area (Å²) in [6.45, 7) is 0. The van der Waals surface area contributed by atoms with E-state index in [2.05, 4.69) is 67.5 Å². The maximum atomic E-state index is 5.99. The molecule has 0 fully saturated rings. The third-order valence-electron chi connectivity index (χ3n) is 4.98. The smallest absolute Gasteiger partial charge is 0.150 e. The van der Waals surface area contributed by atoms with Gasteiger partial charge in [-0.3, -0.25) is 0 Å². The molecule has 0 N–H and O–H groups in total. The molecule has 0 amide bonds. The van der Waals surface area contributed by atoms with Crippen LogP contribution in [0.15, 0.2) is 42.5 Å². The first kappa shape index (κ1) is 17.8. The van der Waals surface area contributed by atoms with E-state index >= 15 is 0 Å². The summed E-state index contributed by atoms with van der Waals surface area (Å²) >= 11 is 0. The Kier molecular flexibility index (Phi) is 5.51. The summed E-state index contributed by atoms with van der Waals surface area (Å²) in [6.07, 6.45) is 11.6. The second-order valence-corrected chi connectivity index (χ2v) is 11.6. The van der Waals surface area contributed by atoms with E-state index in [-0.39, 0.29) is 0 Å². The van der Waals surface area contributed by atoms with Gasteiger partial charge in [-0.2, -0.15) is 0 Å². The van der Waals surface area contributed by atoms with Crippen LogP contribution in [0, 0.1) is 0 Å². The summed E-state index contributed by atoms with van der Waals surface area (Å²) in [7, 11) is 2.42. The molecule has 1 nitrogen and oxygen atoms in total. The van der Waals surface area contributed by atoms with Crippen molar-refractivity contribution in [1.29, 1.82) is 0 Å². The van der Waals surface area contributed by atoms with Crippen molar-refractivity contribution in [1.82, 2.24) is 0 Å². The Hall–Kier alpha value is -1.06. The minimum atomic E-state index is 0.290. The molecule has 2 aromatic rings. The summed E-state index contributed by atoms with van der Waals surface area (Å²) in [5, 5.41) is 1.03. The monoisotopic (exact) mass is 360 g/mol. The first-order chi connectivity index (χ1) is 11.5. The molecule has 0 saturated carbocycles. The molecular weight excluding hydrogens is 332 g/mol. The van der Waals surface area contributed by atoms with E-state index in [1.54, 1.807) is 0 Å². The molecule has 2 aliphatic rings. The quantitative estimate of drug-likeness (QED) is 0.740. The van der Waals surface area contributed by atoms with Crippen LogP contribution in [-0.4, -0.2) is 32.1 Å². The predicted molar refractivity (Wildman–Crippen MR) is 111 cm³/mol. The number of fused-ring (bicyclic) bond motifs is 4. The zero-order chi connectivity index (χ0) is 17.3. The number of ether oxygens (including phenoxy) is 1. The molecule has 0 heterocycles. The van der Waals surface area contributed by atoms with Crippen LogP contribution >= 0.6 is 0 Å². The fourth-order valence-electron chi connectivity index (χ4n) is 3.62. The lowest BCUT2D eigenvalue weighted by atomic mass is 9.99. The van der Waals surface area contributed by atoms with Gasteiger partial charge in [-0.1, -0.05) is 42.5 Å². The van der Waals surface area contributed by atoms with Gasteiger partial charge in [-0.05, 0) is 32.9 Å². The van der Waals surface area contributed by atoms with Gasteiger partial charge in [0.2, 0.25) is 0 Å². The minimum Gasteiger partial charge on any atom is -0.496 e. The first-order valence-electron chi connectivity index (χ1n) is 8.38. The zero-order valence-corrected chi connectivity index (χ0v) is 17.0. The van der Waals surface area contributed by atoms with Gasteiger partial charge < -0.3 is 4.74 Å². The van der Waals surface area contributed by atoms with Crippen LogP contribution in [0.4, 0.5) is 0 Å². The van der Waals surface area contributed by atoms with Gasteiger partial charge in [0.15, 0.2) is 0 Å². The second kappa shape index (κ2) is 7.45. The van der Waals surface area contributed by atoms with Crippen LogP contribution in [0.1, 0.15) is 32.8 Å². The van der Waals surface area contributed by atoms with Crippen molar-refractivity contribution >= 4 is 21.8 Å². The summed E-state index contributed by atoms with van der Waals surface area (Å²) in [4.78, 5) is 0. The van der Waals surface area contributed by atoms with Gasteiger partial charge in [0, 0.05) is 24.0 Å². The summed E-state index contributed by atoms with van der Waals surface area (Å²) in [6, 6.07) is 16.1. The van der Waals surface area contributed by atoms with Crippen molar-refractivity contribution < 1.29 is 4.74 Å². The van der Waals surface area contributed by atoms with Gasteiger partial charge in [-0.15, -0.1) is 0 Å². The summed E-state index contributed by atoms with van der Waals surface area (Å²) in [5.74, 6) is 1.14. The largest absolute Gasteiger partial charge is 0.496 e. The molecule has 0 radical (unpaired) electrons. The van der Waals surface area contributed by atoms with Crippen LogP contribution in [-0.2, 0) is 34.6 Å². The van der Waals surface area contributed by atoms with E-state index < -0.39 is 0 Å². The molecule has 2 atom stereocenters. The molecule has 0 aliphatic heterocycles. The summed E-state index contributed by atoms with van der Waals surface area (Å²) < 4.78 is 5.99. The number of hydrogen-bond donors (Lipinski definition) is 0. The highest BCUT2D eigenvalue weighted by Gasteiger charge is 2.34. The highest BCUT2D eigenvalue weighted by Crippen LogP contribution is 2.41. The van der Waals surface area contributed by atoms with Crippen LogP contribution in [0.2, 0.25) is 0 Å². The van der Waals surface area contributed by atoms with Gasteiger partial charge >= 0.3 is 0 Å². The molecule has 0 aromatic heterocycles. The molecule has 4 bridgehead atoms. The molecule has 128 valence electrons. The van der Waals surface area contributed by atoms with Gasteiger partial charge in [0.1, 0.15) is 16.2 Å². The van der Waals surface area contributed by atoms with E-state index in [4.69, 9.17) is 4.74 Å². The number of benzene rings is 2. The molecule has 2 aliphatic carbocycles. The SMILES string of the molecule is COc1c2cccc1C([S+](C)C)Cc1ccc(cc1)CC2[S+](C)C. The average molecular weight is 361 g/mol. The molecule has 3 heteroatoms. The molecule has 2 unspecified atom stereocenters. The molecular formula is C21H28OS2+2. The van der Waals surface area contributed by atoms with E-state index in [0.717, 1.165) is 18.6 Å². The van der Waals surface area contributed by atoms with E-state index in [1.165, 1.54) is 22.3 Å². The fourth-order valence-corrected chi connectivity index (χ4v) is 6.06. The van der Waals surface area contributed by atoms with Crippen molar-refractivity contribution in [3.8, 4) is 5.75 Å². The van der Waals surface area contributed by atoms with Gasteiger partial charge in [0.25, 0.3) is 0 Å². The lowest BCUT2D eigenvalue weighted by Crippen LogP contribution is -2.17. The van der Waals surface area contributed by atoms with Crippen molar-refractivity contribution in [2.24, 2.45) is 0 Å². The number of rotatable bonds is 3. The second-order valence-electron chi connectivity index (χ2n) is 6.93. The number of methoxy groups -OCH3 is 1. The van der Waals surface area contributed by atoms with E-state index in [0.29, 0.717) is 32.3 Å². The van der Waals surface area contributed by atoms with Crippen LogP contribution in [0.3, 0.4) is 0 Å². The Labute approximate surface area is 152 Å². The van der Waals surface area contributed by atoms with Crippen molar-refractivity contribution in [2.75, 3.05) is 32.1 Å². The Morgan fingerprint density at radius 3 is 1.50 bits per heavy atom. The lowest BCUT2D eigenvalue weighted by Gasteiger charge is -2.21. The molecule has 0 saturated heterocycles. The fraction of sp³-hybridized carbons (Fsp3) is 0.429. The molecule has 2 aromatic carbocycles. The van der Waals surface area contributed by atoms with Crippen molar-refractivity contribution in [3.63, 3.8) is 0 Å². The maximum Gasteiger partial charge on any atom is 0.150 e. The Bertz CT molecular complexity index is 636. The highest BCUT2D eigenvalue weighted by atomic mass is 32.2. The zero-order valence-electron chi connectivity index (χ0n) is 15.3. The van der Waals surface area contributed by atoms with E-state index in [1.807, 2.05) is 7.11 Å². The topological polar surface area (TPSA) is 9.23 Å². The average Bonchev–Trinajstić information content (AvgIpc) is 2.58. The predicted octanol–water partition coefficient (Wildman–Crippen LogP) is 4.33. The molecule has 24 heavy (non-hydrogen) atoms. The summed E-state index contributed by atoms with van der Waals surface area (Å²) in [5.41, 5.74) is 5.65. The normalized spacial score (nSPS) is 20.3. The Balaban J connectivity index is 2.23. The van der Waals surface area contributed by atoms with Crippen molar-refractivity contribution in [2.45, 2.75) is 23.3 Å². The Morgan fingerprint density at radius 1 is 0.750 bits per heavy atom. The van der Waals surface area contributed by atoms with Crippen LogP contribution in [0.5, 0.6) is 5.75 Å². The highest BCUT2D eigenvalue weighted by molar-refractivity contribution is 7.96. The van der Waals surface area contributed by atoms with Crippen molar-refractivity contribution in [3.05, 3.63) is 64.7 Å². The van der Waals surface area contributed by atoms with E-state index in [9.17, 15) is 0 Å². The molecule has 4 rings (SSSR count). The van der Waals surface area contributed by atoms with Crippen LogP contribution < -0.4 is 4.74 Å². The third-order valence-corrected chi connectivity index (χ3v) is 8.09. The maximum absolute atomic E-state index is 5.99. The standard InChI is InChI=1S/C21H28OS2/c1-22-21-17-7-6-8-18(21)20(24(4)5)14-16-11-9-15(10-12-16)13-19(17)23(2)3/h6-12,19-20H,13-14H2,1-5H3/q+2. The lowest BCUT2D eigenvalue weighted by molar-refractivity contribution is 0.403.